The van der Waals surface area contributed by atoms with Gasteiger partial charge in [0.25, 0.3) is 0 Å². The van der Waals surface area contributed by atoms with Gasteiger partial charge in [0.15, 0.2) is 0 Å². The second-order valence-electron chi connectivity index (χ2n) is 7.12. The number of hydrogen-bond acceptors (Lipinski definition) is 4. The number of aryl methyl sites for hydroxylation is 1. The van der Waals surface area contributed by atoms with Crippen LogP contribution in [0.1, 0.15) is 33.8 Å². The second-order valence-corrected chi connectivity index (χ2v) is 8.15. The van der Waals surface area contributed by atoms with Crippen LogP contribution >= 0.6 is 11.3 Å². The maximum atomic E-state index is 14.3. The van der Waals surface area contributed by atoms with Gasteiger partial charge in [-0.25, -0.2) is 8.78 Å². The number of nitrogens with zero attached hydrogens (tertiary/aromatic N) is 1. The van der Waals surface area contributed by atoms with Crippen LogP contribution in [-0.4, -0.2) is 30.7 Å². The number of aromatic nitrogens is 1. The maximum Gasteiger partial charge on any atom is 0.208 e. The molecule has 1 saturated heterocycles. The van der Waals surface area contributed by atoms with Gasteiger partial charge < -0.3 is 14.0 Å². The highest BCUT2D eigenvalue weighted by Gasteiger charge is 2.24. The van der Waals surface area contributed by atoms with E-state index in [9.17, 15) is 13.6 Å². The molecule has 0 unspecified atom stereocenters. The Labute approximate surface area is 165 Å². The molecular weight excluding hydrogens is 384 g/mol. The minimum absolute atomic E-state index is 0.0430. The third kappa shape index (κ3) is 3.44. The third-order valence-electron chi connectivity index (χ3n) is 5.26. The molecule has 7 heteroatoms. The lowest BCUT2D eigenvalue weighted by atomic mass is 10.0. The smallest absolute Gasteiger partial charge is 0.208 e. The summed E-state index contributed by atoms with van der Waals surface area (Å²) in [6.45, 7) is 4.45. The molecule has 0 bridgehead atoms. The fraction of sp³-hybridized carbons (Fsp3) is 0.381. The van der Waals surface area contributed by atoms with E-state index in [0.29, 0.717) is 10.8 Å². The third-order valence-corrected chi connectivity index (χ3v) is 6.43. The second kappa shape index (κ2) is 7.64. The van der Waals surface area contributed by atoms with Crippen molar-refractivity contribution in [3.63, 3.8) is 0 Å². The molecule has 0 aliphatic carbocycles. The number of carbonyl (C=O) groups is 1. The van der Waals surface area contributed by atoms with E-state index in [-0.39, 0.29) is 5.75 Å². The number of ether oxygens (including phenoxy) is 2. The zero-order chi connectivity index (χ0) is 19.8. The van der Waals surface area contributed by atoms with Gasteiger partial charge in [-0.2, -0.15) is 0 Å². The van der Waals surface area contributed by atoms with Crippen LogP contribution in [0.2, 0.25) is 0 Å². The Kier molecular flexibility index (Phi) is 5.21. The summed E-state index contributed by atoms with van der Waals surface area (Å²) in [6, 6.07) is 5.79. The Balaban J connectivity index is 1.68. The molecular formula is C21H21F2NO3S. The van der Waals surface area contributed by atoms with Gasteiger partial charge in [0.05, 0.1) is 17.6 Å². The molecule has 28 heavy (non-hydrogen) atoms. The fourth-order valence-corrected chi connectivity index (χ4v) is 4.86. The first kappa shape index (κ1) is 19.1. The summed E-state index contributed by atoms with van der Waals surface area (Å²) in [7, 11) is 1.32. The molecule has 1 aliphatic rings. The minimum Gasteiger partial charge on any atom is -0.497 e. The number of ketones is 1. The first-order valence-electron chi connectivity index (χ1n) is 9.23. The highest BCUT2D eigenvalue weighted by molar-refractivity contribution is 7.20. The Morgan fingerprint density at radius 1 is 1.21 bits per heavy atom. The number of thiophene rings is 1. The number of benzene rings is 1. The SMILES string of the molecule is COc1cc(F)c(C(=O)c2cc3cc(C)n(CC4CCOCC4)c3s2)c(F)c1. The van der Waals surface area contributed by atoms with Crippen LogP contribution in [0.3, 0.4) is 0 Å². The van der Waals surface area contributed by atoms with Gasteiger partial charge in [-0.05, 0) is 37.8 Å². The molecule has 3 aromatic rings. The lowest BCUT2D eigenvalue weighted by Crippen LogP contribution is -2.20. The van der Waals surface area contributed by atoms with Gasteiger partial charge in [0, 0.05) is 43.0 Å². The van der Waals surface area contributed by atoms with E-state index in [1.54, 1.807) is 6.07 Å². The number of methoxy groups -OCH3 is 1. The zero-order valence-electron chi connectivity index (χ0n) is 15.8. The van der Waals surface area contributed by atoms with Crippen LogP contribution in [-0.2, 0) is 11.3 Å². The number of rotatable bonds is 5. The average Bonchev–Trinajstić information content (AvgIpc) is 3.20. The van der Waals surface area contributed by atoms with Crippen LogP contribution < -0.4 is 4.74 Å². The topological polar surface area (TPSA) is 40.5 Å². The Bertz CT molecular complexity index is 1010. The summed E-state index contributed by atoms with van der Waals surface area (Å²) in [5, 5.41) is 0.923. The van der Waals surface area contributed by atoms with Crippen LogP contribution in [0.15, 0.2) is 24.3 Å². The van der Waals surface area contributed by atoms with E-state index < -0.39 is 23.0 Å². The predicted molar refractivity (Wildman–Crippen MR) is 104 cm³/mol. The molecule has 3 heterocycles. The summed E-state index contributed by atoms with van der Waals surface area (Å²) in [5.74, 6) is -1.90. The van der Waals surface area contributed by atoms with Gasteiger partial charge in [-0.1, -0.05) is 0 Å². The molecule has 148 valence electrons. The molecule has 0 spiro atoms. The van der Waals surface area contributed by atoms with Crippen LogP contribution in [0, 0.1) is 24.5 Å². The fourth-order valence-electron chi connectivity index (χ4n) is 3.71. The van der Waals surface area contributed by atoms with Gasteiger partial charge in [0.1, 0.15) is 22.2 Å². The standard InChI is InChI=1S/C21H21F2NO3S/c1-12-7-14-8-18(20(25)19-16(22)9-15(26-2)10-17(19)23)28-21(14)24(12)11-13-3-5-27-6-4-13/h7-10,13H,3-6,11H2,1-2H3. The molecule has 2 aromatic heterocycles. The van der Waals surface area contributed by atoms with Gasteiger partial charge in [-0.15, -0.1) is 11.3 Å². The summed E-state index contributed by atoms with van der Waals surface area (Å²) in [5.41, 5.74) is 0.575. The zero-order valence-corrected chi connectivity index (χ0v) is 16.6. The summed E-state index contributed by atoms with van der Waals surface area (Å²) >= 11 is 1.28. The monoisotopic (exact) mass is 405 g/mol. The molecule has 4 nitrogen and oxygen atoms in total. The molecule has 4 rings (SSSR count). The van der Waals surface area contributed by atoms with Crippen molar-refractivity contribution in [2.45, 2.75) is 26.3 Å². The van der Waals surface area contributed by atoms with E-state index in [0.717, 1.165) is 60.6 Å². The van der Waals surface area contributed by atoms with Gasteiger partial charge in [0.2, 0.25) is 5.78 Å². The van der Waals surface area contributed by atoms with E-state index in [4.69, 9.17) is 9.47 Å². The van der Waals surface area contributed by atoms with Crippen molar-refractivity contribution in [2.24, 2.45) is 5.92 Å². The van der Waals surface area contributed by atoms with Crippen LogP contribution in [0.4, 0.5) is 8.78 Å². The van der Waals surface area contributed by atoms with E-state index in [1.165, 1.54) is 18.4 Å². The summed E-state index contributed by atoms with van der Waals surface area (Å²) in [6.07, 6.45) is 2.02. The van der Waals surface area contributed by atoms with Crippen molar-refractivity contribution in [3.05, 3.63) is 52.0 Å². The van der Waals surface area contributed by atoms with Crippen molar-refractivity contribution >= 4 is 27.3 Å². The molecule has 0 amide bonds. The molecule has 1 aromatic carbocycles. The first-order chi connectivity index (χ1) is 13.5. The van der Waals surface area contributed by atoms with E-state index in [2.05, 4.69) is 4.57 Å². The van der Waals surface area contributed by atoms with E-state index >= 15 is 0 Å². The van der Waals surface area contributed by atoms with Crippen LogP contribution in [0.25, 0.3) is 10.2 Å². The van der Waals surface area contributed by atoms with Crippen molar-refractivity contribution < 1.29 is 23.0 Å². The number of fused-ring (bicyclic) bond motifs is 1. The summed E-state index contributed by atoms with van der Waals surface area (Å²) in [4.78, 5) is 14.1. The lowest BCUT2D eigenvalue weighted by molar-refractivity contribution is 0.0615. The highest BCUT2D eigenvalue weighted by Crippen LogP contribution is 2.33. The molecule has 0 saturated carbocycles. The number of halogens is 2. The van der Waals surface area contributed by atoms with Crippen LogP contribution in [0.5, 0.6) is 5.75 Å². The lowest BCUT2D eigenvalue weighted by Gasteiger charge is -2.23. The average molecular weight is 405 g/mol. The Morgan fingerprint density at radius 3 is 2.54 bits per heavy atom. The largest absolute Gasteiger partial charge is 0.497 e. The molecule has 1 aliphatic heterocycles. The summed E-state index contributed by atoms with van der Waals surface area (Å²) < 4.78 is 41.1. The molecule has 0 atom stereocenters. The van der Waals surface area contributed by atoms with Crippen molar-refractivity contribution in [1.29, 1.82) is 0 Å². The van der Waals surface area contributed by atoms with Gasteiger partial charge in [-0.3, -0.25) is 4.79 Å². The normalized spacial score (nSPS) is 15.3. The minimum atomic E-state index is -0.916. The van der Waals surface area contributed by atoms with E-state index in [1.807, 2.05) is 13.0 Å². The highest BCUT2D eigenvalue weighted by atomic mass is 32.1. The number of hydrogen-bond donors (Lipinski definition) is 0. The molecule has 0 N–H and O–H groups in total. The first-order valence-corrected chi connectivity index (χ1v) is 10.0. The van der Waals surface area contributed by atoms with Crippen molar-refractivity contribution in [1.82, 2.24) is 4.57 Å². The van der Waals surface area contributed by atoms with Crippen molar-refractivity contribution in [3.8, 4) is 5.75 Å². The quantitative estimate of drug-likeness (QED) is 0.564. The Hall–Kier alpha value is -2.25. The maximum absolute atomic E-state index is 14.3. The number of carbonyl (C=O) groups excluding carboxylic acids is 1. The van der Waals surface area contributed by atoms with Gasteiger partial charge >= 0.3 is 0 Å². The predicted octanol–water partition coefficient (Wildman–Crippen LogP) is 4.96. The Morgan fingerprint density at radius 2 is 1.89 bits per heavy atom. The molecule has 0 radical (unpaired) electrons. The molecule has 1 fully saturated rings. The van der Waals surface area contributed by atoms with Crippen molar-refractivity contribution in [2.75, 3.05) is 20.3 Å².